The summed E-state index contributed by atoms with van der Waals surface area (Å²) in [6, 6.07) is 1.92. The van der Waals surface area contributed by atoms with Crippen LogP contribution in [0.5, 0.6) is 0 Å². The Kier molecular flexibility index (Phi) is 4.89. The Balaban J connectivity index is 2.56. The van der Waals surface area contributed by atoms with Gasteiger partial charge < -0.3 is 4.74 Å². The van der Waals surface area contributed by atoms with Crippen molar-refractivity contribution in [3.05, 3.63) is 23.8 Å². The van der Waals surface area contributed by atoms with Gasteiger partial charge in [-0.2, -0.15) is 0 Å². The molecule has 0 atom stereocenters. The van der Waals surface area contributed by atoms with Crippen LogP contribution in [-0.2, 0) is 22.4 Å². The summed E-state index contributed by atoms with van der Waals surface area (Å²) in [6.45, 7) is 4.30. The molecule has 1 aromatic heterocycles. The van der Waals surface area contributed by atoms with Crippen LogP contribution in [0.4, 0.5) is 0 Å². The normalized spacial score (nSPS) is 10.5. The van der Waals surface area contributed by atoms with Crippen molar-refractivity contribution in [3.63, 3.8) is 0 Å². The first kappa shape index (κ1) is 12.6. The summed E-state index contributed by atoms with van der Waals surface area (Å²) in [5, 5.41) is 0. The van der Waals surface area contributed by atoms with Crippen LogP contribution in [-0.4, -0.2) is 23.0 Å². The van der Waals surface area contributed by atoms with Crippen LogP contribution in [0.2, 0.25) is 0 Å². The van der Waals surface area contributed by atoms with Crippen LogP contribution >= 0.6 is 0 Å². The van der Waals surface area contributed by atoms with Crippen LogP contribution < -0.4 is 0 Å². The van der Waals surface area contributed by atoms with E-state index in [1.807, 2.05) is 6.07 Å². The van der Waals surface area contributed by atoms with Gasteiger partial charge >= 0.3 is 5.97 Å². The van der Waals surface area contributed by atoms with Crippen LogP contribution in [0.25, 0.3) is 0 Å². The van der Waals surface area contributed by atoms with E-state index in [1.54, 1.807) is 6.20 Å². The SMILES string of the molecule is COC(=O)CCc1nccc(CC(C)C)n1. The van der Waals surface area contributed by atoms with Crippen molar-refractivity contribution in [1.82, 2.24) is 9.97 Å². The Morgan fingerprint density at radius 2 is 2.25 bits per heavy atom. The predicted molar refractivity (Wildman–Crippen MR) is 60.9 cm³/mol. The Morgan fingerprint density at radius 1 is 1.50 bits per heavy atom. The number of esters is 1. The summed E-state index contributed by atoms with van der Waals surface area (Å²) >= 11 is 0. The molecule has 0 aromatic carbocycles. The second-order valence-electron chi connectivity index (χ2n) is 4.14. The minimum Gasteiger partial charge on any atom is -0.469 e. The van der Waals surface area contributed by atoms with Gasteiger partial charge in [0.15, 0.2) is 0 Å². The largest absolute Gasteiger partial charge is 0.469 e. The maximum Gasteiger partial charge on any atom is 0.305 e. The predicted octanol–water partition coefficient (Wildman–Crippen LogP) is 1.78. The third-order valence-corrected chi connectivity index (χ3v) is 2.16. The van der Waals surface area contributed by atoms with Gasteiger partial charge in [-0.05, 0) is 18.4 Å². The van der Waals surface area contributed by atoms with E-state index in [0.29, 0.717) is 24.6 Å². The van der Waals surface area contributed by atoms with Gasteiger partial charge in [0.25, 0.3) is 0 Å². The number of hydrogen-bond acceptors (Lipinski definition) is 4. The minimum absolute atomic E-state index is 0.224. The maximum absolute atomic E-state index is 11.0. The first-order valence-electron chi connectivity index (χ1n) is 5.49. The number of ether oxygens (including phenoxy) is 1. The van der Waals surface area contributed by atoms with Gasteiger partial charge in [0.05, 0.1) is 13.5 Å². The molecule has 0 bridgehead atoms. The highest BCUT2D eigenvalue weighted by Gasteiger charge is 2.05. The minimum atomic E-state index is -0.224. The van der Waals surface area contributed by atoms with Gasteiger partial charge in [0.1, 0.15) is 5.82 Å². The standard InChI is InChI=1S/C12H18N2O2/c1-9(2)8-10-6-7-13-11(14-10)4-5-12(15)16-3/h6-7,9H,4-5,8H2,1-3H3. The maximum atomic E-state index is 11.0. The molecular formula is C12H18N2O2. The zero-order valence-corrected chi connectivity index (χ0v) is 10.1. The number of nitrogens with zero attached hydrogens (tertiary/aromatic N) is 2. The van der Waals surface area contributed by atoms with Crippen molar-refractivity contribution in [3.8, 4) is 0 Å². The first-order valence-corrected chi connectivity index (χ1v) is 5.49. The molecule has 88 valence electrons. The van der Waals surface area contributed by atoms with E-state index < -0.39 is 0 Å². The lowest BCUT2D eigenvalue weighted by atomic mass is 10.1. The molecular weight excluding hydrogens is 204 g/mol. The molecule has 1 heterocycles. The molecule has 0 saturated carbocycles. The fraction of sp³-hybridized carbons (Fsp3) is 0.583. The smallest absolute Gasteiger partial charge is 0.305 e. The van der Waals surface area contributed by atoms with Gasteiger partial charge in [-0.25, -0.2) is 9.97 Å². The number of carbonyl (C=O) groups is 1. The molecule has 0 saturated heterocycles. The van der Waals surface area contributed by atoms with Crippen molar-refractivity contribution >= 4 is 5.97 Å². The van der Waals surface area contributed by atoms with Crippen molar-refractivity contribution in [1.29, 1.82) is 0 Å². The van der Waals surface area contributed by atoms with Crippen LogP contribution in [0.1, 0.15) is 31.8 Å². The zero-order chi connectivity index (χ0) is 12.0. The fourth-order valence-electron chi connectivity index (χ4n) is 1.41. The topological polar surface area (TPSA) is 52.1 Å². The third-order valence-electron chi connectivity index (χ3n) is 2.16. The van der Waals surface area contributed by atoms with Gasteiger partial charge in [-0.1, -0.05) is 13.8 Å². The molecule has 0 N–H and O–H groups in total. The second kappa shape index (κ2) is 6.20. The average Bonchev–Trinajstić information content (AvgIpc) is 2.25. The Labute approximate surface area is 96.1 Å². The third kappa shape index (κ3) is 4.38. The molecule has 0 aliphatic carbocycles. The van der Waals surface area contributed by atoms with E-state index in [2.05, 4.69) is 28.6 Å². The molecule has 0 radical (unpaired) electrons. The van der Waals surface area contributed by atoms with E-state index in [9.17, 15) is 4.79 Å². The number of rotatable bonds is 5. The summed E-state index contributed by atoms with van der Waals surface area (Å²) in [4.78, 5) is 19.5. The van der Waals surface area contributed by atoms with Crippen LogP contribution in [0, 0.1) is 5.92 Å². The molecule has 4 nitrogen and oxygen atoms in total. The molecule has 16 heavy (non-hydrogen) atoms. The van der Waals surface area contributed by atoms with Crippen molar-refractivity contribution in [2.45, 2.75) is 33.1 Å². The number of carbonyl (C=O) groups excluding carboxylic acids is 1. The Morgan fingerprint density at radius 3 is 2.88 bits per heavy atom. The fourth-order valence-corrected chi connectivity index (χ4v) is 1.41. The second-order valence-corrected chi connectivity index (χ2v) is 4.14. The molecule has 0 fully saturated rings. The van der Waals surface area contributed by atoms with E-state index in [-0.39, 0.29) is 5.97 Å². The summed E-state index contributed by atoms with van der Waals surface area (Å²) in [6.07, 6.45) is 3.56. The van der Waals surface area contributed by atoms with E-state index >= 15 is 0 Å². The molecule has 0 spiro atoms. The summed E-state index contributed by atoms with van der Waals surface area (Å²) in [5.41, 5.74) is 1.03. The lowest BCUT2D eigenvalue weighted by Gasteiger charge is -2.05. The molecule has 0 aliphatic rings. The average molecular weight is 222 g/mol. The highest BCUT2D eigenvalue weighted by molar-refractivity contribution is 5.69. The van der Waals surface area contributed by atoms with E-state index in [1.165, 1.54) is 7.11 Å². The lowest BCUT2D eigenvalue weighted by molar-refractivity contribution is -0.140. The number of aryl methyl sites for hydroxylation is 1. The van der Waals surface area contributed by atoms with Gasteiger partial charge in [-0.15, -0.1) is 0 Å². The van der Waals surface area contributed by atoms with Crippen LogP contribution in [0.15, 0.2) is 12.3 Å². The molecule has 1 aromatic rings. The van der Waals surface area contributed by atoms with Crippen molar-refractivity contribution in [2.24, 2.45) is 5.92 Å². The Hall–Kier alpha value is -1.45. The molecule has 4 heteroatoms. The van der Waals surface area contributed by atoms with Gasteiger partial charge in [0, 0.05) is 18.3 Å². The van der Waals surface area contributed by atoms with Gasteiger partial charge in [0.2, 0.25) is 0 Å². The first-order chi connectivity index (χ1) is 7.61. The summed E-state index contributed by atoms with van der Waals surface area (Å²) in [7, 11) is 1.39. The highest BCUT2D eigenvalue weighted by Crippen LogP contribution is 2.05. The highest BCUT2D eigenvalue weighted by atomic mass is 16.5. The number of aromatic nitrogens is 2. The zero-order valence-electron chi connectivity index (χ0n) is 10.1. The van der Waals surface area contributed by atoms with Crippen molar-refractivity contribution in [2.75, 3.05) is 7.11 Å². The van der Waals surface area contributed by atoms with Crippen LogP contribution in [0.3, 0.4) is 0 Å². The molecule has 0 aliphatic heterocycles. The Bertz CT molecular complexity index is 351. The number of methoxy groups -OCH3 is 1. The quantitative estimate of drug-likeness (QED) is 0.713. The molecule has 0 unspecified atom stereocenters. The van der Waals surface area contributed by atoms with Gasteiger partial charge in [-0.3, -0.25) is 4.79 Å². The van der Waals surface area contributed by atoms with E-state index in [0.717, 1.165) is 12.1 Å². The lowest BCUT2D eigenvalue weighted by Crippen LogP contribution is -2.06. The summed E-state index contributed by atoms with van der Waals surface area (Å²) < 4.78 is 4.57. The monoisotopic (exact) mass is 222 g/mol. The molecule has 0 amide bonds. The molecule has 1 rings (SSSR count). The van der Waals surface area contributed by atoms with E-state index in [4.69, 9.17) is 0 Å². The number of hydrogen-bond donors (Lipinski definition) is 0. The summed E-state index contributed by atoms with van der Waals surface area (Å²) in [5.74, 6) is 1.06. The van der Waals surface area contributed by atoms with Crippen molar-refractivity contribution < 1.29 is 9.53 Å².